The highest BCUT2D eigenvalue weighted by atomic mass is 35.5. The highest BCUT2D eigenvalue weighted by molar-refractivity contribution is 7.14. The summed E-state index contributed by atoms with van der Waals surface area (Å²) in [6.07, 6.45) is 9.18. The van der Waals surface area contributed by atoms with Crippen LogP contribution < -0.4 is 14.8 Å². The topological polar surface area (TPSA) is 84.2 Å². The standard InChI is InChI=1S/C22H22ClN3O3S/c1-14(26-20(27)22(13-24)8-9-22)2-6-17-11-25-21(30-17)29-19-7-5-16(10-18(19)23)28-12-15-3-4-15/h2,5-7,10-11,14-15H,3-4,8-9,12H2,1H3,(H,26,27)/b6-2+/t14-/m0/s1. The highest BCUT2D eigenvalue weighted by Crippen LogP contribution is 2.45. The van der Waals surface area contributed by atoms with Gasteiger partial charge in [-0.3, -0.25) is 4.79 Å². The zero-order valence-corrected chi connectivity index (χ0v) is 18.1. The molecule has 4 rings (SSSR count). The molecule has 0 radical (unpaired) electrons. The van der Waals surface area contributed by atoms with E-state index in [1.54, 1.807) is 18.3 Å². The lowest BCUT2D eigenvalue weighted by Gasteiger charge is -2.11. The van der Waals surface area contributed by atoms with E-state index in [2.05, 4.69) is 16.4 Å². The van der Waals surface area contributed by atoms with Crippen molar-refractivity contribution in [3.63, 3.8) is 0 Å². The molecule has 2 aliphatic carbocycles. The largest absolute Gasteiger partial charge is 0.493 e. The predicted molar refractivity (Wildman–Crippen MR) is 116 cm³/mol. The van der Waals surface area contributed by atoms with Crippen LogP contribution in [0.4, 0.5) is 0 Å². The Hall–Kier alpha value is -2.56. The van der Waals surface area contributed by atoms with Crippen LogP contribution in [0.2, 0.25) is 5.02 Å². The second kappa shape index (κ2) is 8.66. The minimum absolute atomic E-state index is 0.188. The molecular weight excluding hydrogens is 422 g/mol. The maximum absolute atomic E-state index is 12.1. The molecule has 2 saturated carbocycles. The van der Waals surface area contributed by atoms with Crippen molar-refractivity contribution in [2.75, 3.05) is 6.61 Å². The van der Waals surface area contributed by atoms with E-state index in [0.717, 1.165) is 17.2 Å². The van der Waals surface area contributed by atoms with Crippen molar-refractivity contribution in [3.05, 3.63) is 40.4 Å². The number of nitriles is 1. The summed E-state index contributed by atoms with van der Waals surface area (Å²) in [5.74, 6) is 1.74. The summed E-state index contributed by atoms with van der Waals surface area (Å²) in [4.78, 5) is 17.3. The van der Waals surface area contributed by atoms with Gasteiger partial charge in [0.1, 0.15) is 16.9 Å². The summed E-state index contributed by atoms with van der Waals surface area (Å²) in [5, 5.41) is 12.9. The zero-order valence-electron chi connectivity index (χ0n) is 16.6. The maximum atomic E-state index is 12.1. The molecular formula is C22H22ClN3O3S. The normalized spacial score (nSPS) is 17.9. The van der Waals surface area contributed by atoms with Crippen LogP contribution in [0.3, 0.4) is 0 Å². The minimum atomic E-state index is -0.814. The number of halogens is 1. The Balaban J connectivity index is 1.31. The smallest absolute Gasteiger partial charge is 0.279 e. The number of carbonyl (C=O) groups excluding carboxylic acids is 1. The monoisotopic (exact) mass is 443 g/mol. The van der Waals surface area contributed by atoms with Crippen LogP contribution in [0, 0.1) is 22.7 Å². The quantitative estimate of drug-likeness (QED) is 0.575. The van der Waals surface area contributed by atoms with E-state index < -0.39 is 5.41 Å². The van der Waals surface area contributed by atoms with Crippen LogP contribution in [0.5, 0.6) is 16.7 Å². The first-order valence-corrected chi connectivity index (χ1v) is 11.1. The number of nitrogens with zero attached hydrogens (tertiary/aromatic N) is 2. The van der Waals surface area contributed by atoms with Crippen molar-refractivity contribution in [3.8, 4) is 22.8 Å². The van der Waals surface area contributed by atoms with Gasteiger partial charge in [-0.25, -0.2) is 4.98 Å². The molecule has 0 aliphatic heterocycles. The number of amides is 1. The molecule has 6 nitrogen and oxygen atoms in total. The van der Waals surface area contributed by atoms with Gasteiger partial charge in [0.2, 0.25) is 5.91 Å². The van der Waals surface area contributed by atoms with Gasteiger partial charge in [0, 0.05) is 18.3 Å². The third-order valence-corrected chi connectivity index (χ3v) is 6.23. The fourth-order valence-corrected chi connectivity index (χ4v) is 3.69. The number of nitrogens with one attached hydrogen (secondary N) is 1. The number of hydrogen-bond acceptors (Lipinski definition) is 6. The van der Waals surface area contributed by atoms with Gasteiger partial charge in [-0.15, -0.1) is 0 Å². The second-order valence-electron chi connectivity index (χ2n) is 7.79. The Labute approximate surface area is 184 Å². The van der Waals surface area contributed by atoms with E-state index in [9.17, 15) is 4.79 Å². The predicted octanol–water partition coefficient (Wildman–Crippen LogP) is 5.20. The summed E-state index contributed by atoms with van der Waals surface area (Å²) in [6.45, 7) is 2.60. The van der Waals surface area contributed by atoms with Crippen LogP contribution in [0.1, 0.15) is 37.5 Å². The first-order valence-electron chi connectivity index (χ1n) is 9.94. The van der Waals surface area contributed by atoms with E-state index in [-0.39, 0.29) is 11.9 Å². The lowest BCUT2D eigenvalue weighted by Crippen LogP contribution is -2.36. The summed E-state index contributed by atoms with van der Waals surface area (Å²) in [6, 6.07) is 7.29. The molecule has 2 aliphatic rings. The van der Waals surface area contributed by atoms with Crippen molar-refractivity contribution < 1.29 is 14.3 Å². The Morgan fingerprint density at radius 3 is 2.97 bits per heavy atom. The second-order valence-corrected chi connectivity index (χ2v) is 9.22. The molecule has 156 valence electrons. The van der Waals surface area contributed by atoms with E-state index in [1.165, 1.54) is 24.2 Å². The summed E-state index contributed by atoms with van der Waals surface area (Å²) < 4.78 is 11.5. The van der Waals surface area contributed by atoms with Crippen molar-refractivity contribution in [1.29, 1.82) is 5.26 Å². The lowest BCUT2D eigenvalue weighted by atomic mass is 10.1. The van der Waals surface area contributed by atoms with Gasteiger partial charge in [0.25, 0.3) is 5.19 Å². The van der Waals surface area contributed by atoms with Crippen LogP contribution in [-0.2, 0) is 4.79 Å². The van der Waals surface area contributed by atoms with Gasteiger partial charge in [0.05, 0.1) is 22.6 Å². The number of hydrogen-bond donors (Lipinski definition) is 1. The molecule has 1 atom stereocenters. The van der Waals surface area contributed by atoms with E-state index in [4.69, 9.17) is 26.3 Å². The Bertz CT molecular complexity index is 1010. The van der Waals surface area contributed by atoms with Crippen molar-refractivity contribution in [1.82, 2.24) is 10.3 Å². The summed E-state index contributed by atoms with van der Waals surface area (Å²) in [7, 11) is 0. The molecule has 2 aromatic rings. The molecule has 1 N–H and O–H groups in total. The van der Waals surface area contributed by atoms with Crippen molar-refractivity contribution >= 4 is 34.9 Å². The number of aromatic nitrogens is 1. The average Bonchev–Trinajstić information content (AvgIpc) is 3.65. The molecule has 1 amide bonds. The van der Waals surface area contributed by atoms with Crippen LogP contribution in [-0.4, -0.2) is 23.5 Å². The minimum Gasteiger partial charge on any atom is -0.493 e. The lowest BCUT2D eigenvalue weighted by molar-refractivity contribution is -0.124. The van der Waals surface area contributed by atoms with Gasteiger partial charge in [0.15, 0.2) is 0 Å². The van der Waals surface area contributed by atoms with Crippen LogP contribution in [0.15, 0.2) is 30.5 Å². The Morgan fingerprint density at radius 2 is 2.30 bits per heavy atom. The molecule has 2 fully saturated rings. The molecule has 0 saturated heterocycles. The number of carbonyl (C=O) groups is 1. The van der Waals surface area contributed by atoms with Crippen molar-refractivity contribution in [2.45, 2.75) is 38.6 Å². The molecule has 0 unspecified atom stereocenters. The summed E-state index contributed by atoms with van der Waals surface area (Å²) in [5.41, 5.74) is -0.814. The SMILES string of the molecule is C[C@@H](/C=C/c1cnc(Oc2ccc(OCC3CC3)cc2Cl)s1)NC(=O)C1(C#N)CC1. The fourth-order valence-electron chi connectivity index (χ4n) is 2.79. The number of benzene rings is 1. The highest BCUT2D eigenvalue weighted by Gasteiger charge is 2.50. The first-order chi connectivity index (χ1) is 14.5. The fraction of sp³-hybridized carbons (Fsp3) is 0.409. The van der Waals surface area contributed by atoms with Gasteiger partial charge in [-0.1, -0.05) is 29.0 Å². The number of ether oxygens (including phenoxy) is 2. The average molecular weight is 444 g/mol. The zero-order chi connectivity index (χ0) is 21.1. The summed E-state index contributed by atoms with van der Waals surface area (Å²) >= 11 is 7.69. The molecule has 0 spiro atoms. The molecule has 0 bridgehead atoms. The van der Waals surface area contributed by atoms with Crippen LogP contribution in [0.25, 0.3) is 6.08 Å². The molecule has 8 heteroatoms. The molecule has 1 aromatic carbocycles. The van der Waals surface area contributed by atoms with Crippen LogP contribution >= 0.6 is 22.9 Å². The molecule has 30 heavy (non-hydrogen) atoms. The van der Waals surface area contributed by atoms with Gasteiger partial charge in [-0.05, 0) is 56.7 Å². The van der Waals surface area contributed by atoms with Gasteiger partial charge in [-0.2, -0.15) is 5.26 Å². The van der Waals surface area contributed by atoms with E-state index in [0.29, 0.717) is 34.7 Å². The Kier molecular flexibility index (Phi) is 5.98. The van der Waals surface area contributed by atoms with Gasteiger partial charge >= 0.3 is 0 Å². The van der Waals surface area contributed by atoms with E-state index in [1.807, 2.05) is 25.1 Å². The third-order valence-electron chi connectivity index (χ3n) is 5.09. The number of thiazole rings is 1. The van der Waals surface area contributed by atoms with E-state index >= 15 is 0 Å². The first kappa shape index (κ1) is 20.7. The third kappa shape index (κ3) is 5.13. The number of rotatable bonds is 9. The maximum Gasteiger partial charge on any atom is 0.279 e. The molecule has 1 aromatic heterocycles. The molecule has 1 heterocycles. The van der Waals surface area contributed by atoms with Crippen molar-refractivity contribution in [2.24, 2.45) is 11.3 Å². The Morgan fingerprint density at radius 1 is 1.50 bits per heavy atom. The van der Waals surface area contributed by atoms with Gasteiger partial charge < -0.3 is 14.8 Å².